The molecule has 4 nitrogen and oxygen atoms in total. The third kappa shape index (κ3) is 3.31. The van der Waals surface area contributed by atoms with E-state index in [1.165, 1.54) is 7.11 Å². The van der Waals surface area contributed by atoms with Crippen molar-refractivity contribution in [2.24, 2.45) is 5.92 Å². The van der Waals surface area contributed by atoms with Crippen LogP contribution in [0.15, 0.2) is 30.3 Å². The number of ether oxygens (including phenoxy) is 1. The van der Waals surface area contributed by atoms with Gasteiger partial charge in [-0.3, -0.25) is 5.32 Å². The molecule has 0 amide bonds. The van der Waals surface area contributed by atoms with Crippen LogP contribution in [-0.4, -0.2) is 31.3 Å². The summed E-state index contributed by atoms with van der Waals surface area (Å²) in [6, 6.07) is 9.14. The fraction of sp³-hybridized carbons (Fsp3) is 0.500. The molecule has 18 heavy (non-hydrogen) atoms. The van der Waals surface area contributed by atoms with E-state index in [0.717, 1.165) is 0 Å². The van der Waals surface area contributed by atoms with Crippen LogP contribution < -0.4 is 5.32 Å². The molecule has 100 valence electrons. The molecule has 1 rings (SSSR count). The quantitative estimate of drug-likeness (QED) is 0.776. The van der Waals surface area contributed by atoms with E-state index < -0.39 is 11.5 Å². The second-order valence-electron chi connectivity index (χ2n) is 4.78. The molecule has 0 saturated heterocycles. The van der Waals surface area contributed by atoms with Gasteiger partial charge in [0.05, 0.1) is 6.61 Å². The normalized spacial score (nSPS) is 14.4. The molecule has 0 bridgehead atoms. The van der Waals surface area contributed by atoms with Crippen molar-refractivity contribution in [3.63, 3.8) is 0 Å². The Labute approximate surface area is 108 Å². The maximum absolute atomic E-state index is 11.7. The highest BCUT2D eigenvalue weighted by atomic mass is 16.5. The molecule has 1 aromatic rings. The van der Waals surface area contributed by atoms with Crippen molar-refractivity contribution >= 4 is 5.97 Å². The van der Waals surface area contributed by atoms with Gasteiger partial charge in [-0.2, -0.15) is 0 Å². The van der Waals surface area contributed by atoms with Crippen LogP contribution >= 0.6 is 0 Å². The van der Waals surface area contributed by atoms with Crippen LogP contribution in [-0.2, 0) is 15.1 Å². The molecule has 0 aliphatic carbocycles. The zero-order valence-electron chi connectivity index (χ0n) is 11.1. The van der Waals surface area contributed by atoms with Crippen LogP contribution in [0.3, 0.4) is 0 Å². The Morgan fingerprint density at radius 2 is 2.00 bits per heavy atom. The first-order chi connectivity index (χ1) is 8.53. The first-order valence-electron chi connectivity index (χ1n) is 6.06. The highest BCUT2D eigenvalue weighted by Gasteiger charge is 2.40. The third-order valence-electron chi connectivity index (χ3n) is 2.80. The lowest BCUT2D eigenvalue weighted by Gasteiger charge is -2.31. The minimum Gasteiger partial charge on any atom is -0.480 e. The maximum atomic E-state index is 11.7. The van der Waals surface area contributed by atoms with Gasteiger partial charge in [0.1, 0.15) is 0 Å². The van der Waals surface area contributed by atoms with Gasteiger partial charge in [0, 0.05) is 7.11 Å². The highest BCUT2D eigenvalue weighted by Crippen LogP contribution is 2.22. The molecule has 2 N–H and O–H groups in total. The first-order valence-corrected chi connectivity index (χ1v) is 6.06. The fourth-order valence-corrected chi connectivity index (χ4v) is 1.81. The Morgan fingerprint density at radius 3 is 2.44 bits per heavy atom. The Kier molecular flexibility index (Phi) is 5.31. The lowest BCUT2D eigenvalue weighted by atomic mass is 9.90. The van der Waals surface area contributed by atoms with Gasteiger partial charge in [0.25, 0.3) is 0 Å². The van der Waals surface area contributed by atoms with Gasteiger partial charge < -0.3 is 9.84 Å². The number of nitrogens with one attached hydrogen (secondary N) is 1. The van der Waals surface area contributed by atoms with Crippen molar-refractivity contribution in [2.75, 3.05) is 20.3 Å². The average Bonchev–Trinajstić information content (AvgIpc) is 2.35. The number of hydrogen-bond acceptors (Lipinski definition) is 3. The molecule has 0 aliphatic heterocycles. The lowest BCUT2D eigenvalue weighted by molar-refractivity contribution is -0.148. The van der Waals surface area contributed by atoms with E-state index in [4.69, 9.17) is 4.74 Å². The Hall–Kier alpha value is -1.39. The summed E-state index contributed by atoms with van der Waals surface area (Å²) in [7, 11) is 1.51. The summed E-state index contributed by atoms with van der Waals surface area (Å²) in [6.07, 6.45) is 0. The largest absolute Gasteiger partial charge is 0.480 e. The third-order valence-corrected chi connectivity index (χ3v) is 2.80. The predicted molar refractivity (Wildman–Crippen MR) is 70.5 cm³/mol. The van der Waals surface area contributed by atoms with Gasteiger partial charge in [-0.05, 0) is 18.0 Å². The maximum Gasteiger partial charge on any atom is 0.331 e. The van der Waals surface area contributed by atoms with Crippen LogP contribution in [0.2, 0.25) is 0 Å². The summed E-state index contributed by atoms with van der Waals surface area (Å²) in [5, 5.41) is 12.7. The zero-order valence-corrected chi connectivity index (χ0v) is 11.1. The second kappa shape index (κ2) is 6.52. The van der Waals surface area contributed by atoms with Gasteiger partial charge in [0.15, 0.2) is 5.54 Å². The molecule has 0 radical (unpaired) electrons. The van der Waals surface area contributed by atoms with Crippen LogP contribution in [0.1, 0.15) is 19.4 Å². The van der Waals surface area contributed by atoms with Crippen molar-refractivity contribution < 1.29 is 14.6 Å². The SMILES string of the molecule is COCC(NCC(C)C)(C(=O)O)c1ccccc1. The molecule has 1 aromatic carbocycles. The first kappa shape index (κ1) is 14.7. The summed E-state index contributed by atoms with van der Waals surface area (Å²) in [5.74, 6) is -0.555. The smallest absolute Gasteiger partial charge is 0.331 e. The van der Waals surface area contributed by atoms with Gasteiger partial charge in [-0.15, -0.1) is 0 Å². The van der Waals surface area contributed by atoms with Crippen LogP contribution in [0.5, 0.6) is 0 Å². The summed E-state index contributed by atoms with van der Waals surface area (Å²) < 4.78 is 5.11. The van der Waals surface area contributed by atoms with Crippen LogP contribution in [0, 0.1) is 5.92 Å². The molecule has 0 aliphatic rings. The highest BCUT2D eigenvalue weighted by molar-refractivity contribution is 5.81. The van der Waals surface area contributed by atoms with E-state index in [9.17, 15) is 9.90 Å². The monoisotopic (exact) mass is 251 g/mol. The van der Waals surface area contributed by atoms with Crippen molar-refractivity contribution in [1.29, 1.82) is 0 Å². The Morgan fingerprint density at radius 1 is 1.39 bits per heavy atom. The van der Waals surface area contributed by atoms with Gasteiger partial charge in [-0.1, -0.05) is 44.2 Å². The van der Waals surface area contributed by atoms with Crippen LogP contribution in [0.4, 0.5) is 0 Å². The number of benzene rings is 1. The molecule has 0 fully saturated rings. The zero-order chi connectivity index (χ0) is 13.6. The molecule has 0 saturated carbocycles. The summed E-state index contributed by atoms with van der Waals surface area (Å²) >= 11 is 0. The summed E-state index contributed by atoms with van der Waals surface area (Å²) in [5.41, 5.74) is -0.472. The molecule has 1 unspecified atom stereocenters. The summed E-state index contributed by atoms with van der Waals surface area (Å²) in [6.45, 7) is 4.79. The minimum atomic E-state index is -1.18. The van der Waals surface area contributed by atoms with E-state index in [1.54, 1.807) is 12.1 Å². The number of rotatable bonds is 7. The number of carboxylic acids is 1. The van der Waals surface area contributed by atoms with Gasteiger partial charge >= 0.3 is 5.97 Å². The molecule has 4 heteroatoms. The van der Waals surface area contributed by atoms with E-state index in [2.05, 4.69) is 5.32 Å². The van der Waals surface area contributed by atoms with Gasteiger partial charge in [-0.25, -0.2) is 4.79 Å². The van der Waals surface area contributed by atoms with Crippen molar-refractivity contribution in [2.45, 2.75) is 19.4 Å². The van der Waals surface area contributed by atoms with Crippen molar-refractivity contribution in [3.8, 4) is 0 Å². The second-order valence-corrected chi connectivity index (χ2v) is 4.78. The molecule has 1 atom stereocenters. The standard InChI is InChI=1S/C14H21NO3/c1-11(2)9-15-14(10-18-3,13(16)17)12-7-5-4-6-8-12/h4-8,11,15H,9-10H2,1-3H3,(H,16,17). The van der Waals surface area contributed by atoms with E-state index in [0.29, 0.717) is 18.0 Å². The van der Waals surface area contributed by atoms with Crippen molar-refractivity contribution in [1.82, 2.24) is 5.32 Å². The predicted octanol–water partition coefficient (Wildman–Crippen LogP) is 1.86. The summed E-state index contributed by atoms with van der Waals surface area (Å²) in [4.78, 5) is 11.7. The molecular formula is C14H21NO3. The number of carbonyl (C=O) groups is 1. The fourth-order valence-electron chi connectivity index (χ4n) is 1.81. The number of carboxylic acid groups (broad SMARTS) is 1. The minimum absolute atomic E-state index is 0.0963. The Bertz CT molecular complexity index is 378. The van der Waals surface area contributed by atoms with Gasteiger partial charge in [0.2, 0.25) is 0 Å². The lowest BCUT2D eigenvalue weighted by Crippen LogP contribution is -2.53. The number of methoxy groups -OCH3 is 1. The molecule has 0 aromatic heterocycles. The Balaban J connectivity index is 3.09. The number of aliphatic carboxylic acids is 1. The topological polar surface area (TPSA) is 58.6 Å². The average molecular weight is 251 g/mol. The van der Waals surface area contributed by atoms with E-state index in [1.807, 2.05) is 32.0 Å². The number of hydrogen-bond donors (Lipinski definition) is 2. The molecular weight excluding hydrogens is 230 g/mol. The van der Waals surface area contributed by atoms with Crippen molar-refractivity contribution in [3.05, 3.63) is 35.9 Å². The van der Waals surface area contributed by atoms with E-state index >= 15 is 0 Å². The molecule has 0 heterocycles. The van der Waals surface area contributed by atoms with E-state index in [-0.39, 0.29) is 6.61 Å². The molecule has 0 spiro atoms. The van der Waals surface area contributed by atoms with Crippen LogP contribution in [0.25, 0.3) is 0 Å².